The number of hydrogen-bond donors (Lipinski definition) is 1. The molecule has 2 aromatic carbocycles. The van der Waals surface area contributed by atoms with Crippen molar-refractivity contribution in [1.29, 1.82) is 0 Å². The molecular weight excluding hydrogens is 400 g/mol. The van der Waals surface area contributed by atoms with Gasteiger partial charge in [0.1, 0.15) is 5.01 Å². The number of nitrogens with one attached hydrogen (secondary N) is 1. The van der Waals surface area contributed by atoms with Gasteiger partial charge in [-0.25, -0.2) is 18.1 Å². The van der Waals surface area contributed by atoms with Crippen LogP contribution in [0.3, 0.4) is 0 Å². The van der Waals surface area contributed by atoms with Crippen molar-refractivity contribution < 1.29 is 8.42 Å². The molecule has 0 atom stereocenters. The molecular formula is C20H21ClN2O2S2. The van der Waals surface area contributed by atoms with Gasteiger partial charge >= 0.3 is 0 Å². The molecule has 4 nitrogen and oxygen atoms in total. The minimum absolute atomic E-state index is 0.300. The molecule has 3 rings (SSSR count). The first-order valence-electron chi connectivity index (χ1n) is 8.55. The van der Waals surface area contributed by atoms with Crippen LogP contribution in [-0.2, 0) is 16.4 Å². The van der Waals surface area contributed by atoms with E-state index < -0.39 is 10.0 Å². The maximum absolute atomic E-state index is 12.5. The van der Waals surface area contributed by atoms with Gasteiger partial charge in [-0.2, -0.15) is 0 Å². The molecule has 0 radical (unpaired) electrons. The maximum Gasteiger partial charge on any atom is 0.240 e. The monoisotopic (exact) mass is 420 g/mol. The number of hydrogen-bond acceptors (Lipinski definition) is 4. The topological polar surface area (TPSA) is 59.1 Å². The van der Waals surface area contributed by atoms with E-state index in [-0.39, 0.29) is 0 Å². The Morgan fingerprint density at radius 2 is 1.74 bits per heavy atom. The molecule has 1 heterocycles. The van der Waals surface area contributed by atoms with Gasteiger partial charge in [0, 0.05) is 22.0 Å². The molecule has 0 aliphatic rings. The van der Waals surface area contributed by atoms with Crippen LogP contribution in [0, 0.1) is 20.8 Å². The van der Waals surface area contributed by atoms with Gasteiger partial charge in [0.05, 0.1) is 10.6 Å². The summed E-state index contributed by atoms with van der Waals surface area (Å²) in [6.07, 6.45) is 0.598. The molecule has 0 saturated carbocycles. The van der Waals surface area contributed by atoms with E-state index in [1.54, 1.807) is 23.5 Å². The van der Waals surface area contributed by atoms with Gasteiger partial charge in [0.25, 0.3) is 0 Å². The number of halogens is 1. The van der Waals surface area contributed by atoms with Crippen molar-refractivity contribution in [2.24, 2.45) is 0 Å². The van der Waals surface area contributed by atoms with E-state index in [1.165, 1.54) is 0 Å². The Morgan fingerprint density at radius 1 is 1.04 bits per heavy atom. The quantitative estimate of drug-likeness (QED) is 0.616. The van der Waals surface area contributed by atoms with E-state index in [4.69, 9.17) is 11.6 Å². The highest BCUT2D eigenvalue weighted by atomic mass is 35.5. The lowest BCUT2D eigenvalue weighted by Gasteiger charge is -2.08. The van der Waals surface area contributed by atoms with Crippen LogP contribution in [0.25, 0.3) is 10.6 Å². The SMILES string of the molecule is Cc1ccc(S(=O)(=O)NCCc2sc(-c3ccc(Cl)cc3)nc2C)cc1C. The molecule has 3 aromatic rings. The third-order valence-electron chi connectivity index (χ3n) is 4.42. The first-order chi connectivity index (χ1) is 12.8. The molecule has 0 saturated heterocycles. The largest absolute Gasteiger partial charge is 0.241 e. The van der Waals surface area contributed by atoms with Crippen molar-refractivity contribution >= 4 is 33.0 Å². The highest BCUT2D eigenvalue weighted by Gasteiger charge is 2.15. The van der Waals surface area contributed by atoms with Gasteiger partial charge in [-0.1, -0.05) is 29.8 Å². The second-order valence-corrected chi connectivity index (χ2v) is 9.72. The summed E-state index contributed by atoms with van der Waals surface area (Å²) >= 11 is 7.51. The second kappa shape index (κ2) is 8.10. The van der Waals surface area contributed by atoms with Crippen molar-refractivity contribution in [3.05, 3.63) is 69.2 Å². The van der Waals surface area contributed by atoms with Crippen LogP contribution in [0.2, 0.25) is 5.02 Å². The second-order valence-electron chi connectivity index (χ2n) is 6.43. The Balaban J connectivity index is 1.68. The van der Waals surface area contributed by atoms with Crippen molar-refractivity contribution in [3.8, 4) is 10.6 Å². The van der Waals surface area contributed by atoms with Gasteiger partial charge < -0.3 is 0 Å². The highest BCUT2D eigenvalue weighted by molar-refractivity contribution is 7.89. The van der Waals surface area contributed by atoms with E-state index >= 15 is 0 Å². The number of rotatable bonds is 6. The molecule has 27 heavy (non-hydrogen) atoms. The van der Waals surface area contributed by atoms with E-state index in [1.807, 2.05) is 51.1 Å². The standard InChI is InChI=1S/C20H21ClN2O2S2/c1-13-4-9-18(12-14(13)2)27(24,25)22-11-10-19-15(3)23-20(26-19)16-5-7-17(21)8-6-16/h4-9,12,22H,10-11H2,1-3H3. The van der Waals surface area contributed by atoms with Gasteiger partial charge in [-0.05, 0) is 62.6 Å². The van der Waals surface area contributed by atoms with E-state index in [0.29, 0.717) is 22.9 Å². The summed E-state index contributed by atoms with van der Waals surface area (Å²) in [6, 6.07) is 12.7. The van der Waals surface area contributed by atoms with Crippen molar-refractivity contribution in [3.63, 3.8) is 0 Å². The summed E-state index contributed by atoms with van der Waals surface area (Å²) in [5.41, 5.74) is 3.97. The van der Waals surface area contributed by atoms with E-state index in [9.17, 15) is 8.42 Å². The summed E-state index contributed by atoms with van der Waals surface area (Å²) in [5.74, 6) is 0. The summed E-state index contributed by atoms with van der Waals surface area (Å²) < 4.78 is 27.7. The summed E-state index contributed by atoms with van der Waals surface area (Å²) in [7, 11) is -3.51. The molecule has 0 fully saturated rings. The zero-order valence-electron chi connectivity index (χ0n) is 15.4. The first-order valence-corrected chi connectivity index (χ1v) is 11.2. The first kappa shape index (κ1) is 20.0. The van der Waals surface area contributed by atoms with Gasteiger partial charge in [0.2, 0.25) is 10.0 Å². The molecule has 0 bridgehead atoms. The predicted octanol–water partition coefficient (Wildman–Crippen LogP) is 4.91. The number of aryl methyl sites for hydroxylation is 3. The lowest BCUT2D eigenvalue weighted by Crippen LogP contribution is -2.26. The summed E-state index contributed by atoms with van der Waals surface area (Å²) in [6.45, 7) is 6.15. The molecule has 0 amide bonds. The van der Waals surface area contributed by atoms with E-state index in [0.717, 1.165) is 32.3 Å². The third-order valence-corrected chi connectivity index (χ3v) is 7.39. The van der Waals surface area contributed by atoms with Gasteiger partial charge in [-0.15, -0.1) is 11.3 Å². The zero-order valence-corrected chi connectivity index (χ0v) is 17.8. The minimum atomic E-state index is -3.51. The number of aromatic nitrogens is 1. The average molecular weight is 421 g/mol. The average Bonchev–Trinajstić information content (AvgIpc) is 2.98. The molecule has 0 aliphatic heterocycles. The van der Waals surface area contributed by atoms with Crippen LogP contribution in [0.4, 0.5) is 0 Å². The third kappa shape index (κ3) is 4.76. The van der Waals surface area contributed by atoms with Crippen LogP contribution in [-0.4, -0.2) is 19.9 Å². The molecule has 1 aromatic heterocycles. The molecule has 1 N–H and O–H groups in total. The predicted molar refractivity (Wildman–Crippen MR) is 112 cm³/mol. The maximum atomic E-state index is 12.5. The van der Waals surface area contributed by atoms with Crippen LogP contribution in [0.15, 0.2) is 47.4 Å². The van der Waals surface area contributed by atoms with Gasteiger partial charge in [-0.3, -0.25) is 0 Å². The Kier molecular flexibility index (Phi) is 6.01. The van der Waals surface area contributed by atoms with Crippen molar-refractivity contribution in [2.75, 3.05) is 6.54 Å². The van der Waals surface area contributed by atoms with Crippen LogP contribution in [0.1, 0.15) is 21.7 Å². The van der Waals surface area contributed by atoms with Gasteiger partial charge in [0.15, 0.2) is 0 Å². The summed E-state index contributed by atoms with van der Waals surface area (Å²) in [4.78, 5) is 5.97. The number of thiazole rings is 1. The number of benzene rings is 2. The number of nitrogens with zero attached hydrogens (tertiary/aromatic N) is 1. The fourth-order valence-electron chi connectivity index (χ4n) is 2.64. The number of sulfonamides is 1. The molecule has 7 heteroatoms. The van der Waals surface area contributed by atoms with Crippen LogP contribution in [0.5, 0.6) is 0 Å². The normalized spacial score (nSPS) is 11.7. The summed E-state index contributed by atoms with van der Waals surface area (Å²) in [5, 5.41) is 1.60. The molecule has 0 spiro atoms. The fourth-order valence-corrected chi connectivity index (χ4v) is 4.95. The molecule has 0 unspecified atom stereocenters. The lowest BCUT2D eigenvalue weighted by atomic mass is 10.1. The Hall–Kier alpha value is -1.73. The smallest absolute Gasteiger partial charge is 0.240 e. The minimum Gasteiger partial charge on any atom is -0.241 e. The highest BCUT2D eigenvalue weighted by Crippen LogP contribution is 2.29. The zero-order chi connectivity index (χ0) is 19.6. The van der Waals surface area contributed by atoms with Crippen LogP contribution < -0.4 is 4.72 Å². The van der Waals surface area contributed by atoms with E-state index in [2.05, 4.69) is 9.71 Å². The van der Waals surface area contributed by atoms with Crippen molar-refractivity contribution in [1.82, 2.24) is 9.71 Å². The lowest BCUT2D eigenvalue weighted by molar-refractivity contribution is 0.581. The Labute approximate surface area is 169 Å². The Bertz CT molecular complexity index is 1060. The molecule has 142 valence electrons. The fraction of sp³-hybridized carbons (Fsp3) is 0.250. The molecule has 0 aliphatic carbocycles. The van der Waals surface area contributed by atoms with Crippen molar-refractivity contribution in [2.45, 2.75) is 32.1 Å². The Morgan fingerprint density at radius 3 is 2.41 bits per heavy atom. The van der Waals surface area contributed by atoms with Crippen LogP contribution >= 0.6 is 22.9 Å².